The van der Waals surface area contributed by atoms with Crippen LogP contribution < -0.4 is 10.5 Å². The highest BCUT2D eigenvalue weighted by Crippen LogP contribution is 2.21. The molecule has 0 saturated carbocycles. The Kier molecular flexibility index (Phi) is 8.89. The van der Waals surface area contributed by atoms with Crippen LogP contribution in [-0.2, 0) is 6.54 Å². The first-order valence-electron chi connectivity index (χ1n) is 8.58. The van der Waals surface area contributed by atoms with Gasteiger partial charge in [0.2, 0.25) is 0 Å². The standard InChI is InChI=1S/C20H25N3O2.2ClH/c1-15-7-8-17(21)13-18(15)20(24)23-11-9-22(10-12-23)14-16-5-3-4-6-19(16)25-2;;/h3-8,13H,9-12,14,21H2,1-2H3;2*1H. The Labute approximate surface area is 173 Å². The quantitative estimate of drug-likeness (QED) is 0.783. The monoisotopic (exact) mass is 411 g/mol. The zero-order valence-corrected chi connectivity index (χ0v) is 17.3. The predicted molar refractivity (Wildman–Crippen MR) is 114 cm³/mol. The Morgan fingerprint density at radius 2 is 1.74 bits per heavy atom. The van der Waals surface area contributed by atoms with Crippen molar-refractivity contribution in [1.82, 2.24) is 9.80 Å². The molecule has 0 unspecified atom stereocenters. The maximum atomic E-state index is 12.8. The van der Waals surface area contributed by atoms with Crippen LogP contribution in [0.4, 0.5) is 5.69 Å². The summed E-state index contributed by atoms with van der Waals surface area (Å²) in [4.78, 5) is 17.0. The highest BCUT2D eigenvalue weighted by Gasteiger charge is 2.23. The van der Waals surface area contributed by atoms with Crippen molar-refractivity contribution in [3.63, 3.8) is 0 Å². The molecule has 2 aromatic rings. The van der Waals surface area contributed by atoms with E-state index in [-0.39, 0.29) is 30.7 Å². The Bertz CT molecular complexity index is 763. The third-order valence-electron chi connectivity index (χ3n) is 4.74. The van der Waals surface area contributed by atoms with Crippen LogP contribution in [0.5, 0.6) is 5.75 Å². The zero-order chi connectivity index (χ0) is 17.8. The van der Waals surface area contributed by atoms with Crippen molar-refractivity contribution in [2.24, 2.45) is 0 Å². The van der Waals surface area contributed by atoms with E-state index in [0.717, 1.165) is 44.0 Å². The second-order valence-corrected chi connectivity index (χ2v) is 6.45. The number of carbonyl (C=O) groups is 1. The molecule has 148 valence electrons. The summed E-state index contributed by atoms with van der Waals surface area (Å²) in [6.07, 6.45) is 0. The van der Waals surface area contributed by atoms with Gasteiger partial charge in [-0.2, -0.15) is 0 Å². The number of hydrogen-bond acceptors (Lipinski definition) is 4. The number of nitrogens with two attached hydrogens (primary N) is 1. The van der Waals surface area contributed by atoms with Crippen molar-refractivity contribution >= 4 is 36.4 Å². The summed E-state index contributed by atoms with van der Waals surface area (Å²) in [7, 11) is 1.70. The number of methoxy groups -OCH3 is 1. The summed E-state index contributed by atoms with van der Waals surface area (Å²) in [5.74, 6) is 0.984. The number of ether oxygens (including phenoxy) is 1. The van der Waals surface area contributed by atoms with Crippen molar-refractivity contribution in [1.29, 1.82) is 0 Å². The average Bonchev–Trinajstić information content (AvgIpc) is 2.64. The number of nitrogen functional groups attached to an aromatic ring is 1. The van der Waals surface area contributed by atoms with Crippen LogP contribution in [0.1, 0.15) is 21.5 Å². The first-order chi connectivity index (χ1) is 12.1. The number of para-hydroxylation sites is 1. The number of carbonyl (C=O) groups excluding carboxylic acids is 1. The van der Waals surface area contributed by atoms with Crippen molar-refractivity contribution in [2.75, 3.05) is 39.0 Å². The second kappa shape index (κ2) is 10.4. The SMILES string of the molecule is COc1ccccc1CN1CCN(C(=O)c2cc(N)ccc2C)CC1.Cl.Cl. The first kappa shape index (κ1) is 23.1. The molecule has 2 aromatic carbocycles. The van der Waals surface area contributed by atoms with E-state index >= 15 is 0 Å². The Hall–Kier alpha value is -1.95. The molecule has 1 aliphatic heterocycles. The number of aryl methyl sites for hydroxylation is 1. The molecule has 2 N–H and O–H groups in total. The lowest BCUT2D eigenvalue weighted by molar-refractivity contribution is 0.0627. The maximum Gasteiger partial charge on any atom is 0.254 e. The molecule has 1 fully saturated rings. The van der Waals surface area contributed by atoms with Crippen LogP contribution in [0, 0.1) is 6.92 Å². The van der Waals surface area contributed by atoms with Crippen molar-refractivity contribution in [2.45, 2.75) is 13.5 Å². The highest BCUT2D eigenvalue weighted by molar-refractivity contribution is 5.96. The number of rotatable bonds is 4. The molecule has 1 amide bonds. The van der Waals surface area contributed by atoms with Gasteiger partial charge in [-0.25, -0.2) is 0 Å². The zero-order valence-electron chi connectivity index (χ0n) is 15.7. The summed E-state index contributed by atoms with van der Waals surface area (Å²) < 4.78 is 5.43. The molecule has 0 atom stereocenters. The van der Waals surface area contributed by atoms with Crippen molar-refractivity contribution in [3.8, 4) is 5.75 Å². The van der Waals surface area contributed by atoms with Gasteiger partial charge in [-0.1, -0.05) is 24.3 Å². The predicted octanol–water partition coefficient (Wildman–Crippen LogP) is 3.39. The van der Waals surface area contributed by atoms with Crippen LogP contribution in [0.15, 0.2) is 42.5 Å². The molecule has 0 aromatic heterocycles. The third kappa shape index (κ3) is 5.51. The van der Waals surface area contributed by atoms with Gasteiger partial charge in [0.15, 0.2) is 0 Å². The Morgan fingerprint density at radius 3 is 2.41 bits per heavy atom. The topological polar surface area (TPSA) is 58.8 Å². The fraction of sp³-hybridized carbons (Fsp3) is 0.350. The van der Waals surface area contributed by atoms with E-state index in [9.17, 15) is 4.79 Å². The molecule has 0 bridgehead atoms. The molecule has 0 spiro atoms. The minimum atomic E-state index is 0. The molecule has 7 heteroatoms. The lowest BCUT2D eigenvalue weighted by Crippen LogP contribution is -2.48. The van der Waals surface area contributed by atoms with Gasteiger partial charge in [-0.05, 0) is 30.7 Å². The number of benzene rings is 2. The smallest absolute Gasteiger partial charge is 0.254 e. The highest BCUT2D eigenvalue weighted by atomic mass is 35.5. The molecule has 27 heavy (non-hydrogen) atoms. The molecule has 0 aliphatic carbocycles. The van der Waals surface area contributed by atoms with Crippen LogP contribution in [-0.4, -0.2) is 49.0 Å². The van der Waals surface area contributed by atoms with Crippen LogP contribution >= 0.6 is 24.8 Å². The van der Waals surface area contributed by atoms with Crippen LogP contribution in [0.25, 0.3) is 0 Å². The number of nitrogens with zero attached hydrogens (tertiary/aromatic N) is 2. The Balaban J connectivity index is 0.00000182. The molecule has 0 radical (unpaired) electrons. The van der Waals surface area contributed by atoms with Gasteiger partial charge in [-0.15, -0.1) is 24.8 Å². The summed E-state index contributed by atoms with van der Waals surface area (Å²) in [5, 5.41) is 0. The number of anilines is 1. The fourth-order valence-electron chi connectivity index (χ4n) is 3.22. The van der Waals surface area contributed by atoms with Gasteiger partial charge in [0.25, 0.3) is 5.91 Å². The van der Waals surface area contributed by atoms with E-state index in [2.05, 4.69) is 11.0 Å². The van der Waals surface area contributed by atoms with E-state index in [1.165, 1.54) is 5.56 Å². The summed E-state index contributed by atoms with van der Waals surface area (Å²) in [5.41, 5.74) is 9.32. The van der Waals surface area contributed by atoms with Crippen LogP contribution in [0.3, 0.4) is 0 Å². The Morgan fingerprint density at radius 1 is 1.07 bits per heavy atom. The third-order valence-corrected chi connectivity index (χ3v) is 4.74. The second-order valence-electron chi connectivity index (χ2n) is 6.45. The van der Waals surface area contributed by atoms with E-state index in [1.807, 2.05) is 42.2 Å². The summed E-state index contributed by atoms with van der Waals surface area (Å²) in [6, 6.07) is 13.6. The van der Waals surface area contributed by atoms with Gasteiger partial charge >= 0.3 is 0 Å². The van der Waals surface area contributed by atoms with Gasteiger partial charge in [-0.3, -0.25) is 9.69 Å². The van der Waals surface area contributed by atoms with Gasteiger partial charge in [0, 0.05) is 49.5 Å². The molecule has 1 heterocycles. The molecule has 1 aliphatic rings. The van der Waals surface area contributed by atoms with Gasteiger partial charge in [0.1, 0.15) is 5.75 Å². The molecular weight excluding hydrogens is 385 g/mol. The van der Waals surface area contributed by atoms with E-state index in [1.54, 1.807) is 13.2 Å². The lowest BCUT2D eigenvalue weighted by Gasteiger charge is -2.35. The van der Waals surface area contributed by atoms with E-state index < -0.39 is 0 Å². The normalized spacial score (nSPS) is 14.1. The van der Waals surface area contributed by atoms with Gasteiger partial charge in [0.05, 0.1) is 7.11 Å². The van der Waals surface area contributed by atoms with E-state index in [4.69, 9.17) is 10.5 Å². The molecular formula is C20H27Cl2N3O2. The number of hydrogen-bond donors (Lipinski definition) is 1. The lowest BCUT2D eigenvalue weighted by atomic mass is 10.1. The summed E-state index contributed by atoms with van der Waals surface area (Å²) in [6.45, 7) is 5.94. The fourth-order valence-corrected chi connectivity index (χ4v) is 3.22. The number of amides is 1. The van der Waals surface area contributed by atoms with Crippen LogP contribution in [0.2, 0.25) is 0 Å². The first-order valence-corrected chi connectivity index (χ1v) is 8.58. The number of piperazine rings is 1. The minimum absolute atomic E-state index is 0. The van der Waals surface area contributed by atoms with Crippen molar-refractivity contribution in [3.05, 3.63) is 59.2 Å². The molecule has 1 saturated heterocycles. The molecule has 3 rings (SSSR count). The maximum absolute atomic E-state index is 12.8. The number of halogens is 2. The van der Waals surface area contributed by atoms with E-state index in [0.29, 0.717) is 11.3 Å². The molecule has 5 nitrogen and oxygen atoms in total. The minimum Gasteiger partial charge on any atom is -0.496 e. The summed E-state index contributed by atoms with van der Waals surface area (Å²) >= 11 is 0. The largest absolute Gasteiger partial charge is 0.496 e. The van der Waals surface area contributed by atoms with Crippen molar-refractivity contribution < 1.29 is 9.53 Å². The van der Waals surface area contributed by atoms with Gasteiger partial charge < -0.3 is 15.4 Å². The average molecular weight is 412 g/mol.